The molecule has 0 atom stereocenters. The molecular formula is C26H28N8O. The number of hydrogen-bond donors (Lipinski definition) is 2. The number of nitrogens with zero attached hydrogens (tertiary/aromatic N) is 6. The predicted molar refractivity (Wildman–Crippen MR) is 136 cm³/mol. The predicted octanol–water partition coefficient (Wildman–Crippen LogP) is 3.84. The highest BCUT2D eigenvalue weighted by atomic mass is 16.5. The minimum absolute atomic E-state index is 0.334. The first-order valence-corrected chi connectivity index (χ1v) is 11.6. The van der Waals surface area contributed by atoms with Crippen molar-refractivity contribution < 1.29 is 4.74 Å². The second-order valence-electron chi connectivity index (χ2n) is 8.32. The fourth-order valence-electron chi connectivity index (χ4n) is 4.03. The maximum absolute atomic E-state index is 9.31. The molecule has 2 aromatic heterocycles. The fraction of sp³-hybridized carbons (Fsp3) is 0.308. The van der Waals surface area contributed by atoms with Gasteiger partial charge in [0.05, 0.1) is 53.8 Å². The molecular weight excluding hydrogens is 440 g/mol. The van der Waals surface area contributed by atoms with Crippen LogP contribution in [0.1, 0.15) is 48.3 Å². The summed E-state index contributed by atoms with van der Waals surface area (Å²) in [5, 5.41) is 16.7. The van der Waals surface area contributed by atoms with E-state index >= 15 is 0 Å². The van der Waals surface area contributed by atoms with Gasteiger partial charge in [-0.2, -0.15) is 10.4 Å². The Hall–Kier alpha value is -4.16. The van der Waals surface area contributed by atoms with E-state index in [4.69, 9.17) is 15.6 Å². The quantitative estimate of drug-likeness (QED) is 0.277. The molecule has 0 spiro atoms. The summed E-state index contributed by atoms with van der Waals surface area (Å²) in [7, 11) is 1.64. The van der Waals surface area contributed by atoms with Crippen molar-refractivity contribution in [2.75, 3.05) is 12.4 Å². The standard InChI is InChI=1S/C26H28N8O/c1-35-17-22-11-5-10-21(30-22)15-29-16-25(34-28)24-13-23(19-7-4-6-18(12-19)14-27)32-26(33-24)31-20-8-2-3-9-20/h4-7,10-13,16,20H,2-3,8-9,15,17,28H2,1H3,(H,31,32,33). The molecule has 1 aliphatic rings. The van der Waals surface area contributed by atoms with E-state index in [0.29, 0.717) is 47.8 Å². The van der Waals surface area contributed by atoms with Crippen molar-refractivity contribution >= 4 is 17.9 Å². The summed E-state index contributed by atoms with van der Waals surface area (Å²) in [4.78, 5) is 18.4. The lowest BCUT2D eigenvalue weighted by Crippen LogP contribution is -2.19. The molecule has 9 heteroatoms. The van der Waals surface area contributed by atoms with Gasteiger partial charge in [0.1, 0.15) is 5.71 Å². The highest BCUT2D eigenvalue weighted by Gasteiger charge is 2.18. The van der Waals surface area contributed by atoms with Crippen molar-refractivity contribution in [3.63, 3.8) is 0 Å². The molecule has 1 saturated carbocycles. The zero-order valence-corrected chi connectivity index (χ0v) is 19.7. The SMILES string of the molecule is COCc1cccc(CN=CC(=NN)c2cc(-c3cccc(C#N)c3)nc(NC3CCCC3)n2)n1. The van der Waals surface area contributed by atoms with Gasteiger partial charge in [0.15, 0.2) is 0 Å². The molecule has 0 bridgehead atoms. The maximum Gasteiger partial charge on any atom is 0.224 e. The molecule has 4 rings (SSSR count). The molecule has 3 aromatic rings. The molecule has 9 nitrogen and oxygen atoms in total. The van der Waals surface area contributed by atoms with E-state index < -0.39 is 0 Å². The van der Waals surface area contributed by atoms with E-state index in [-0.39, 0.29) is 0 Å². The number of benzene rings is 1. The Morgan fingerprint density at radius 3 is 2.71 bits per heavy atom. The highest BCUT2D eigenvalue weighted by molar-refractivity contribution is 6.37. The van der Waals surface area contributed by atoms with Gasteiger partial charge in [0.2, 0.25) is 5.95 Å². The Kier molecular flexibility index (Phi) is 8.09. The van der Waals surface area contributed by atoms with E-state index in [2.05, 4.69) is 31.4 Å². The van der Waals surface area contributed by atoms with Crippen molar-refractivity contribution in [3.8, 4) is 17.3 Å². The molecule has 0 unspecified atom stereocenters. The maximum atomic E-state index is 9.31. The topological polar surface area (TPSA) is 134 Å². The minimum atomic E-state index is 0.334. The van der Waals surface area contributed by atoms with Gasteiger partial charge < -0.3 is 15.9 Å². The molecule has 3 N–H and O–H groups in total. The Bertz CT molecular complexity index is 1260. The van der Waals surface area contributed by atoms with Gasteiger partial charge in [-0.3, -0.25) is 9.98 Å². The van der Waals surface area contributed by atoms with Gasteiger partial charge in [-0.15, -0.1) is 0 Å². The summed E-state index contributed by atoms with van der Waals surface area (Å²) in [5.74, 6) is 6.25. The lowest BCUT2D eigenvalue weighted by atomic mass is 10.1. The largest absolute Gasteiger partial charge is 0.378 e. The first-order chi connectivity index (χ1) is 17.2. The molecule has 1 fully saturated rings. The van der Waals surface area contributed by atoms with Crippen LogP contribution in [-0.2, 0) is 17.9 Å². The van der Waals surface area contributed by atoms with Gasteiger partial charge in [-0.25, -0.2) is 9.97 Å². The summed E-state index contributed by atoms with van der Waals surface area (Å²) in [6.45, 7) is 0.812. The van der Waals surface area contributed by atoms with Crippen LogP contribution in [0.25, 0.3) is 11.3 Å². The zero-order chi connectivity index (χ0) is 24.5. The first kappa shape index (κ1) is 24.0. The summed E-state index contributed by atoms with van der Waals surface area (Å²) in [6, 6.07) is 17.4. The number of pyridine rings is 1. The third-order valence-electron chi connectivity index (χ3n) is 5.73. The van der Waals surface area contributed by atoms with Crippen LogP contribution in [0.4, 0.5) is 5.95 Å². The van der Waals surface area contributed by atoms with Crippen LogP contribution in [0.5, 0.6) is 0 Å². The van der Waals surface area contributed by atoms with Crippen LogP contribution >= 0.6 is 0 Å². The molecule has 0 saturated heterocycles. The fourth-order valence-corrected chi connectivity index (χ4v) is 4.03. The minimum Gasteiger partial charge on any atom is -0.378 e. The van der Waals surface area contributed by atoms with Gasteiger partial charge in [0.25, 0.3) is 0 Å². The summed E-state index contributed by atoms with van der Waals surface area (Å²) >= 11 is 0. The van der Waals surface area contributed by atoms with E-state index in [0.717, 1.165) is 29.8 Å². The lowest BCUT2D eigenvalue weighted by molar-refractivity contribution is 0.181. The van der Waals surface area contributed by atoms with Gasteiger partial charge in [0, 0.05) is 18.7 Å². The number of ether oxygens (including phenoxy) is 1. The Morgan fingerprint density at radius 2 is 1.94 bits per heavy atom. The molecule has 0 radical (unpaired) electrons. The van der Waals surface area contributed by atoms with Gasteiger partial charge in [-0.1, -0.05) is 31.0 Å². The third kappa shape index (κ3) is 6.46. The Balaban J connectivity index is 1.62. The summed E-state index contributed by atoms with van der Waals surface area (Å²) in [6.07, 6.45) is 6.15. The molecule has 1 aliphatic carbocycles. The van der Waals surface area contributed by atoms with E-state index in [1.54, 1.807) is 25.5 Å². The third-order valence-corrected chi connectivity index (χ3v) is 5.73. The second-order valence-corrected chi connectivity index (χ2v) is 8.32. The van der Waals surface area contributed by atoms with Crippen molar-refractivity contribution in [3.05, 3.63) is 71.2 Å². The highest BCUT2D eigenvalue weighted by Crippen LogP contribution is 2.24. The molecule has 178 valence electrons. The number of methoxy groups -OCH3 is 1. The molecule has 2 heterocycles. The van der Waals surface area contributed by atoms with Crippen LogP contribution < -0.4 is 11.2 Å². The Morgan fingerprint density at radius 1 is 1.14 bits per heavy atom. The van der Waals surface area contributed by atoms with Crippen molar-refractivity contribution in [1.29, 1.82) is 5.26 Å². The first-order valence-electron chi connectivity index (χ1n) is 11.6. The molecule has 35 heavy (non-hydrogen) atoms. The zero-order valence-electron chi connectivity index (χ0n) is 19.7. The van der Waals surface area contributed by atoms with Gasteiger partial charge >= 0.3 is 0 Å². The lowest BCUT2D eigenvalue weighted by Gasteiger charge is -2.14. The average Bonchev–Trinajstić information content (AvgIpc) is 3.40. The van der Waals surface area contributed by atoms with Crippen LogP contribution in [0, 0.1) is 11.3 Å². The van der Waals surface area contributed by atoms with Crippen LogP contribution in [0.2, 0.25) is 0 Å². The number of aliphatic imine (C=N–C) groups is 1. The van der Waals surface area contributed by atoms with Crippen LogP contribution in [0.3, 0.4) is 0 Å². The number of anilines is 1. The second kappa shape index (κ2) is 11.8. The monoisotopic (exact) mass is 468 g/mol. The van der Waals surface area contributed by atoms with E-state index in [9.17, 15) is 5.26 Å². The Labute approximate surface area is 204 Å². The number of nitriles is 1. The normalized spacial score (nSPS) is 14.3. The van der Waals surface area contributed by atoms with Crippen molar-refractivity contribution in [2.24, 2.45) is 15.9 Å². The number of nitrogens with one attached hydrogen (secondary N) is 1. The smallest absolute Gasteiger partial charge is 0.224 e. The van der Waals surface area contributed by atoms with Crippen LogP contribution in [0.15, 0.2) is 58.6 Å². The van der Waals surface area contributed by atoms with E-state index in [1.165, 1.54) is 12.8 Å². The van der Waals surface area contributed by atoms with Crippen molar-refractivity contribution in [1.82, 2.24) is 15.0 Å². The number of hydrogen-bond acceptors (Lipinski definition) is 9. The number of aromatic nitrogens is 3. The number of rotatable bonds is 9. The van der Waals surface area contributed by atoms with E-state index in [1.807, 2.05) is 36.4 Å². The van der Waals surface area contributed by atoms with Gasteiger partial charge in [-0.05, 0) is 43.2 Å². The average molecular weight is 469 g/mol. The number of nitrogens with two attached hydrogens (primary N) is 1. The van der Waals surface area contributed by atoms with Crippen molar-refractivity contribution in [2.45, 2.75) is 44.9 Å². The number of hydrazone groups is 1. The summed E-state index contributed by atoms with van der Waals surface area (Å²) in [5.41, 5.74) is 4.68. The summed E-state index contributed by atoms with van der Waals surface area (Å²) < 4.78 is 5.15. The molecule has 1 aromatic carbocycles. The van der Waals surface area contributed by atoms with Crippen LogP contribution in [-0.4, -0.2) is 40.0 Å². The molecule has 0 aliphatic heterocycles. The molecule has 0 amide bonds.